The molecule has 1 saturated carbocycles. The monoisotopic (exact) mass is 267 g/mol. The second-order valence-corrected chi connectivity index (χ2v) is 5.92. The quantitative estimate of drug-likeness (QED) is 0.653. The van der Waals surface area contributed by atoms with Crippen molar-refractivity contribution >= 4 is 22.2 Å². The highest BCUT2D eigenvalue weighted by molar-refractivity contribution is 6.05. The molecule has 0 bridgehead atoms. The Morgan fingerprint density at radius 1 is 1.05 bits per heavy atom. The number of carbonyl (C=O) groups excluding carboxylic acids is 1. The first-order valence-corrected chi connectivity index (χ1v) is 7.55. The minimum Gasteiger partial charge on any atom is -0.398 e. The van der Waals surface area contributed by atoms with Crippen molar-refractivity contribution in [1.29, 1.82) is 0 Å². The molecule has 2 aromatic rings. The third-order valence-corrected chi connectivity index (χ3v) is 4.42. The number of nitrogens with two attached hydrogens (primary N) is 1. The van der Waals surface area contributed by atoms with Gasteiger partial charge in [0.2, 0.25) is 0 Å². The smallest absolute Gasteiger partial charge is 0.165 e. The van der Waals surface area contributed by atoms with Gasteiger partial charge >= 0.3 is 0 Å². The maximum atomic E-state index is 12.5. The molecule has 0 saturated heterocycles. The van der Waals surface area contributed by atoms with Crippen LogP contribution in [-0.2, 0) is 0 Å². The van der Waals surface area contributed by atoms with Gasteiger partial charge in [-0.2, -0.15) is 0 Å². The highest BCUT2D eigenvalue weighted by atomic mass is 16.1. The predicted molar refractivity (Wildman–Crippen MR) is 83.9 cm³/mol. The number of hydrogen-bond donors (Lipinski definition) is 1. The van der Waals surface area contributed by atoms with Crippen LogP contribution in [0.1, 0.15) is 48.9 Å². The van der Waals surface area contributed by atoms with Crippen molar-refractivity contribution in [3.63, 3.8) is 0 Å². The second-order valence-electron chi connectivity index (χ2n) is 5.92. The summed E-state index contributed by atoms with van der Waals surface area (Å²) in [6.07, 6.45) is 6.90. The Kier molecular flexibility index (Phi) is 3.72. The van der Waals surface area contributed by atoms with Gasteiger partial charge in [0.1, 0.15) is 0 Å². The summed E-state index contributed by atoms with van der Waals surface area (Å²) in [5.41, 5.74) is 7.39. The van der Waals surface area contributed by atoms with E-state index >= 15 is 0 Å². The molecule has 0 heterocycles. The lowest BCUT2D eigenvalue weighted by Gasteiger charge is -2.21. The van der Waals surface area contributed by atoms with Crippen LogP contribution in [0.2, 0.25) is 0 Å². The standard InChI is InChI=1S/C18H21NO/c19-17-12-15-9-5-4-8-14(15)11-16(17)18(20)10-13-6-2-1-3-7-13/h4-5,8-9,11-13H,1-3,6-7,10,19H2. The number of carbonyl (C=O) groups is 1. The highest BCUT2D eigenvalue weighted by Gasteiger charge is 2.19. The summed E-state index contributed by atoms with van der Waals surface area (Å²) in [6, 6.07) is 11.9. The maximum absolute atomic E-state index is 12.5. The van der Waals surface area contributed by atoms with Crippen LogP contribution < -0.4 is 5.73 Å². The first-order chi connectivity index (χ1) is 9.74. The van der Waals surface area contributed by atoms with E-state index in [0.29, 0.717) is 23.6 Å². The molecule has 0 radical (unpaired) electrons. The lowest BCUT2D eigenvalue weighted by atomic mass is 9.84. The summed E-state index contributed by atoms with van der Waals surface area (Å²) in [5.74, 6) is 0.766. The SMILES string of the molecule is Nc1cc2ccccc2cc1C(=O)CC1CCCCC1. The van der Waals surface area contributed by atoms with Gasteiger partial charge in [-0.3, -0.25) is 4.79 Å². The molecule has 2 nitrogen and oxygen atoms in total. The molecule has 1 aliphatic rings. The third-order valence-electron chi connectivity index (χ3n) is 4.42. The number of nitrogen functional groups attached to an aromatic ring is 1. The molecule has 104 valence electrons. The van der Waals surface area contributed by atoms with Gasteiger partial charge < -0.3 is 5.73 Å². The van der Waals surface area contributed by atoms with E-state index in [4.69, 9.17) is 5.73 Å². The van der Waals surface area contributed by atoms with Crippen molar-refractivity contribution in [3.05, 3.63) is 42.0 Å². The summed E-state index contributed by atoms with van der Waals surface area (Å²) in [7, 11) is 0. The Bertz CT molecular complexity index is 626. The van der Waals surface area contributed by atoms with E-state index in [1.54, 1.807) is 0 Å². The lowest BCUT2D eigenvalue weighted by Crippen LogP contribution is -2.13. The van der Waals surface area contributed by atoms with Crippen molar-refractivity contribution in [2.24, 2.45) is 5.92 Å². The largest absolute Gasteiger partial charge is 0.398 e. The zero-order chi connectivity index (χ0) is 13.9. The molecule has 0 spiro atoms. The molecular formula is C18H21NO. The minimum absolute atomic E-state index is 0.208. The van der Waals surface area contributed by atoms with Crippen LogP contribution in [0.15, 0.2) is 36.4 Å². The molecule has 20 heavy (non-hydrogen) atoms. The van der Waals surface area contributed by atoms with E-state index in [1.165, 1.54) is 32.1 Å². The lowest BCUT2D eigenvalue weighted by molar-refractivity contribution is 0.0951. The number of anilines is 1. The van der Waals surface area contributed by atoms with Gasteiger partial charge in [0.05, 0.1) is 0 Å². The van der Waals surface area contributed by atoms with Gasteiger partial charge in [0, 0.05) is 17.7 Å². The summed E-state index contributed by atoms with van der Waals surface area (Å²) < 4.78 is 0. The van der Waals surface area contributed by atoms with E-state index in [1.807, 2.05) is 36.4 Å². The fourth-order valence-corrected chi connectivity index (χ4v) is 3.26. The number of fused-ring (bicyclic) bond motifs is 1. The van der Waals surface area contributed by atoms with Gasteiger partial charge in [-0.1, -0.05) is 56.4 Å². The zero-order valence-corrected chi connectivity index (χ0v) is 11.8. The average Bonchev–Trinajstić information content (AvgIpc) is 2.47. The molecule has 2 heteroatoms. The fourth-order valence-electron chi connectivity index (χ4n) is 3.26. The minimum atomic E-state index is 0.208. The highest BCUT2D eigenvalue weighted by Crippen LogP contribution is 2.29. The molecule has 0 aromatic heterocycles. The number of rotatable bonds is 3. The van der Waals surface area contributed by atoms with Crippen LogP contribution in [0.5, 0.6) is 0 Å². The molecule has 3 rings (SSSR count). The molecule has 0 unspecified atom stereocenters. The van der Waals surface area contributed by atoms with E-state index in [9.17, 15) is 4.79 Å². The fraction of sp³-hybridized carbons (Fsp3) is 0.389. The Labute approximate surface area is 120 Å². The predicted octanol–water partition coefficient (Wildman–Crippen LogP) is 4.58. The van der Waals surface area contributed by atoms with E-state index in [0.717, 1.165) is 10.8 Å². The van der Waals surface area contributed by atoms with Gasteiger partial charge in [0.15, 0.2) is 5.78 Å². The van der Waals surface area contributed by atoms with Gasteiger partial charge in [-0.05, 0) is 28.8 Å². The maximum Gasteiger partial charge on any atom is 0.165 e. The van der Waals surface area contributed by atoms with Crippen molar-refractivity contribution < 1.29 is 4.79 Å². The summed E-state index contributed by atoms with van der Waals surface area (Å²) in [5, 5.41) is 2.19. The number of hydrogen-bond acceptors (Lipinski definition) is 2. The zero-order valence-electron chi connectivity index (χ0n) is 11.8. The number of Topliss-reactive ketones (excluding diaryl/α,β-unsaturated/α-hetero) is 1. The normalized spacial score (nSPS) is 16.4. The van der Waals surface area contributed by atoms with Crippen molar-refractivity contribution in [2.45, 2.75) is 38.5 Å². The molecular weight excluding hydrogens is 246 g/mol. The summed E-state index contributed by atoms with van der Waals surface area (Å²) >= 11 is 0. The Balaban J connectivity index is 1.84. The van der Waals surface area contributed by atoms with Crippen LogP contribution in [0.3, 0.4) is 0 Å². The number of ketones is 1. The third kappa shape index (κ3) is 2.69. The topological polar surface area (TPSA) is 43.1 Å². The molecule has 0 amide bonds. The van der Waals surface area contributed by atoms with Crippen LogP contribution in [0.25, 0.3) is 10.8 Å². The van der Waals surface area contributed by atoms with Crippen LogP contribution >= 0.6 is 0 Å². The molecule has 2 N–H and O–H groups in total. The van der Waals surface area contributed by atoms with Gasteiger partial charge in [-0.25, -0.2) is 0 Å². The Morgan fingerprint density at radius 3 is 2.40 bits per heavy atom. The van der Waals surface area contributed by atoms with Crippen LogP contribution in [-0.4, -0.2) is 5.78 Å². The Hall–Kier alpha value is -1.83. The summed E-state index contributed by atoms with van der Waals surface area (Å²) in [6.45, 7) is 0. The first-order valence-electron chi connectivity index (χ1n) is 7.55. The van der Waals surface area contributed by atoms with Crippen molar-refractivity contribution in [1.82, 2.24) is 0 Å². The molecule has 2 aromatic carbocycles. The van der Waals surface area contributed by atoms with E-state index in [2.05, 4.69) is 0 Å². The second kappa shape index (κ2) is 5.66. The van der Waals surface area contributed by atoms with Crippen molar-refractivity contribution in [3.8, 4) is 0 Å². The van der Waals surface area contributed by atoms with Crippen LogP contribution in [0, 0.1) is 5.92 Å². The number of benzene rings is 2. The Morgan fingerprint density at radius 2 is 1.70 bits per heavy atom. The van der Waals surface area contributed by atoms with E-state index in [-0.39, 0.29) is 5.78 Å². The van der Waals surface area contributed by atoms with E-state index < -0.39 is 0 Å². The molecule has 0 atom stereocenters. The molecule has 1 aliphatic carbocycles. The molecule has 0 aliphatic heterocycles. The van der Waals surface area contributed by atoms with Gasteiger partial charge in [0.25, 0.3) is 0 Å². The average molecular weight is 267 g/mol. The van der Waals surface area contributed by atoms with Crippen LogP contribution in [0.4, 0.5) is 5.69 Å². The first kappa shape index (κ1) is 13.2. The van der Waals surface area contributed by atoms with Crippen molar-refractivity contribution in [2.75, 3.05) is 5.73 Å². The summed E-state index contributed by atoms with van der Waals surface area (Å²) in [4.78, 5) is 12.5. The van der Waals surface area contributed by atoms with Gasteiger partial charge in [-0.15, -0.1) is 0 Å². The molecule has 1 fully saturated rings.